The number of ether oxygens (including phenoxy) is 2. The fourth-order valence-corrected chi connectivity index (χ4v) is 1.63. The van der Waals surface area contributed by atoms with E-state index in [2.05, 4.69) is 15.4 Å². The van der Waals surface area contributed by atoms with Crippen molar-refractivity contribution in [3.63, 3.8) is 0 Å². The number of benzene rings is 1. The molecule has 0 aliphatic carbocycles. The number of esters is 2. The van der Waals surface area contributed by atoms with Crippen LogP contribution in [-0.4, -0.2) is 37.7 Å². The van der Waals surface area contributed by atoms with Crippen LogP contribution < -0.4 is 10.6 Å². The Labute approximate surface area is 129 Å². The van der Waals surface area contributed by atoms with E-state index in [0.717, 1.165) is 5.56 Å². The Balaban J connectivity index is 2.44. The Hall–Kier alpha value is -2.57. The number of hydrogen-bond acceptors (Lipinski definition) is 5. The number of nitrogens with one attached hydrogen (secondary N) is 2. The second-order valence-corrected chi connectivity index (χ2v) is 4.26. The summed E-state index contributed by atoms with van der Waals surface area (Å²) in [5.74, 6) is -0.905. The van der Waals surface area contributed by atoms with E-state index in [1.54, 1.807) is 38.1 Å². The van der Waals surface area contributed by atoms with Crippen molar-refractivity contribution in [1.82, 2.24) is 10.6 Å². The summed E-state index contributed by atoms with van der Waals surface area (Å²) in [6, 6.07) is 6.27. The van der Waals surface area contributed by atoms with Crippen LogP contribution in [0, 0.1) is 0 Å². The molecule has 0 radical (unpaired) electrons. The second kappa shape index (κ2) is 9.38. The summed E-state index contributed by atoms with van der Waals surface area (Å²) in [7, 11) is 0. The van der Waals surface area contributed by atoms with Crippen molar-refractivity contribution in [2.45, 2.75) is 20.4 Å². The third kappa shape index (κ3) is 6.25. The van der Waals surface area contributed by atoms with Crippen LogP contribution in [0.2, 0.25) is 0 Å². The lowest BCUT2D eigenvalue weighted by Gasteiger charge is -2.08. The Morgan fingerprint density at radius 3 is 2.45 bits per heavy atom. The lowest BCUT2D eigenvalue weighted by molar-refractivity contribution is -0.141. The lowest BCUT2D eigenvalue weighted by Crippen LogP contribution is -2.38. The fourth-order valence-electron chi connectivity index (χ4n) is 1.63. The highest BCUT2D eigenvalue weighted by Gasteiger charge is 2.08. The second-order valence-electron chi connectivity index (χ2n) is 4.26. The summed E-state index contributed by atoms with van der Waals surface area (Å²) in [4.78, 5) is 34.2. The predicted molar refractivity (Wildman–Crippen MR) is 79.3 cm³/mol. The lowest BCUT2D eigenvalue weighted by atomic mass is 10.1. The molecule has 2 N–H and O–H groups in total. The number of amides is 2. The van der Waals surface area contributed by atoms with Gasteiger partial charge in [-0.25, -0.2) is 9.59 Å². The summed E-state index contributed by atoms with van der Waals surface area (Å²) >= 11 is 0. The molecule has 0 unspecified atom stereocenters. The first-order valence-electron chi connectivity index (χ1n) is 7.00. The van der Waals surface area contributed by atoms with Crippen molar-refractivity contribution in [1.29, 1.82) is 0 Å². The van der Waals surface area contributed by atoms with Crippen molar-refractivity contribution in [2.24, 2.45) is 0 Å². The van der Waals surface area contributed by atoms with Crippen LogP contribution in [0.1, 0.15) is 29.8 Å². The molecular formula is C15H20N2O5. The first-order chi connectivity index (χ1) is 10.6. The van der Waals surface area contributed by atoms with Crippen LogP contribution >= 0.6 is 0 Å². The summed E-state index contributed by atoms with van der Waals surface area (Å²) in [6.07, 6.45) is 0. The van der Waals surface area contributed by atoms with Gasteiger partial charge in [-0.05, 0) is 31.5 Å². The van der Waals surface area contributed by atoms with Crippen LogP contribution in [0.5, 0.6) is 0 Å². The van der Waals surface area contributed by atoms with Gasteiger partial charge in [0, 0.05) is 6.54 Å². The normalized spacial score (nSPS) is 9.73. The SMILES string of the molecule is CCOC(=O)CNC(=O)NCc1cccc(C(=O)OCC)c1. The van der Waals surface area contributed by atoms with Gasteiger partial charge in [0.2, 0.25) is 0 Å². The molecule has 1 aromatic carbocycles. The molecular weight excluding hydrogens is 288 g/mol. The topological polar surface area (TPSA) is 93.7 Å². The molecule has 7 nitrogen and oxygen atoms in total. The first kappa shape index (κ1) is 17.5. The monoisotopic (exact) mass is 308 g/mol. The minimum Gasteiger partial charge on any atom is -0.465 e. The van der Waals surface area contributed by atoms with Gasteiger partial charge in [-0.1, -0.05) is 12.1 Å². The molecule has 0 aliphatic heterocycles. The van der Waals surface area contributed by atoms with Gasteiger partial charge >= 0.3 is 18.0 Å². The third-order valence-electron chi connectivity index (χ3n) is 2.59. The fraction of sp³-hybridized carbons (Fsp3) is 0.400. The number of carbonyl (C=O) groups is 3. The zero-order valence-corrected chi connectivity index (χ0v) is 12.7. The standard InChI is InChI=1S/C15H20N2O5/c1-3-21-13(18)10-17-15(20)16-9-11-6-5-7-12(8-11)14(19)22-4-2/h5-8H,3-4,9-10H2,1-2H3,(H2,16,17,20). The van der Waals surface area contributed by atoms with Crippen molar-refractivity contribution in [2.75, 3.05) is 19.8 Å². The van der Waals surface area contributed by atoms with E-state index in [4.69, 9.17) is 4.74 Å². The van der Waals surface area contributed by atoms with E-state index in [-0.39, 0.29) is 19.7 Å². The van der Waals surface area contributed by atoms with E-state index < -0.39 is 18.0 Å². The van der Waals surface area contributed by atoms with Crippen molar-refractivity contribution < 1.29 is 23.9 Å². The van der Waals surface area contributed by atoms with Gasteiger partial charge in [0.25, 0.3) is 0 Å². The quantitative estimate of drug-likeness (QED) is 0.739. The highest BCUT2D eigenvalue weighted by atomic mass is 16.5. The largest absolute Gasteiger partial charge is 0.465 e. The Morgan fingerprint density at radius 1 is 1.05 bits per heavy atom. The van der Waals surface area contributed by atoms with Gasteiger partial charge in [0.15, 0.2) is 0 Å². The smallest absolute Gasteiger partial charge is 0.338 e. The summed E-state index contributed by atoms with van der Waals surface area (Å²) in [6.45, 7) is 4.02. The molecule has 0 saturated heterocycles. The maximum Gasteiger partial charge on any atom is 0.338 e. The molecule has 1 aromatic rings. The number of hydrogen-bond donors (Lipinski definition) is 2. The molecule has 1 rings (SSSR count). The van der Waals surface area contributed by atoms with Crippen LogP contribution in [0.3, 0.4) is 0 Å². The van der Waals surface area contributed by atoms with Gasteiger partial charge in [-0.3, -0.25) is 4.79 Å². The average molecular weight is 308 g/mol. The molecule has 120 valence electrons. The van der Waals surface area contributed by atoms with E-state index in [1.807, 2.05) is 0 Å². The molecule has 22 heavy (non-hydrogen) atoms. The first-order valence-corrected chi connectivity index (χ1v) is 7.00. The van der Waals surface area contributed by atoms with E-state index in [0.29, 0.717) is 12.2 Å². The van der Waals surface area contributed by atoms with E-state index in [1.165, 1.54) is 0 Å². The average Bonchev–Trinajstić information content (AvgIpc) is 2.52. The van der Waals surface area contributed by atoms with Crippen LogP contribution in [0.4, 0.5) is 4.79 Å². The van der Waals surface area contributed by atoms with Crippen molar-refractivity contribution in [3.8, 4) is 0 Å². The predicted octanol–water partition coefficient (Wildman–Crippen LogP) is 1.23. The van der Waals surface area contributed by atoms with Gasteiger partial charge in [0.05, 0.1) is 18.8 Å². The summed E-state index contributed by atoms with van der Waals surface area (Å²) < 4.78 is 9.59. The maximum atomic E-state index is 11.6. The summed E-state index contributed by atoms with van der Waals surface area (Å²) in [5, 5.41) is 4.96. The van der Waals surface area contributed by atoms with Crippen molar-refractivity contribution in [3.05, 3.63) is 35.4 Å². The van der Waals surface area contributed by atoms with Crippen molar-refractivity contribution >= 4 is 18.0 Å². The van der Waals surface area contributed by atoms with Crippen LogP contribution in [0.25, 0.3) is 0 Å². The maximum absolute atomic E-state index is 11.6. The van der Waals surface area contributed by atoms with Gasteiger partial charge in [-0.2, -0.15) is 0 Å². The third-order valence-corrected chi connectivity index (χ3v) is 2.59. The molecule has 0 atom stereocenters. The molecule has 0 saturated carbocycles. The molecule has 2 amide bonds. The number of rotatable bonds is 7. The summed E-state index contributed by atoms with van der Waals surface area (Å²) in [5.41, 5.74) is 1.17. The molecule has 0 fully saturated rings. The van der Waals surface area contributed by atoms with Crippen LogP contribution in [-0.2, 0) is 20.8 Å². The highest BCUT2D eigenvalue weighted by Crippen LogP contribution is 2.06. The number of urea groups is 1. The minimum absolute atomic E-state index is 0.192. The Kier molecular flexibility index (Phi) is 7.45. The Bertz CT molecular complexity index is 530. The minimum atomic E-state index is -0.498. The zero-order chi connectivity index (χ0) is 16.4. The molecule has 0 heterocycles. The van der Waals surface area contributed by atoms with E-state index in [9.17, 15) is 14.4 Å². The van der Waals surface area contributed by atoms with Gasteiger partial charge < -0.3 is 20.1 Å². The number of carbonyl (C=O) groups excluding carboxylic acids is 3. The molecule has 0 aliphatic rings. The van der Waals surface area contributed by atoms with Crippen LogP contribution in [0.15, 0.2) is 24.3 Å². The van der Waals surface area contributed by atoms with Gasteiger partial charge in [0.1, 0.15) is 6.54 Å². The molecule has 0 spiro atoms. The Morgan fingerprint density at radius 2 is 1.77 bits per heavy atom. The van der Waals surface area contributed by atoms with E-state index >= 15 is 0 Å². The molecule has 7 heteroatoms. The molecule has 0 aromatic heterocycles. The van der Waals surface area contributed by atoms with Gasteiger partial charge in [-0.15, -0.1) is 0 Å². The zero-order valence-electron chi connectivity index (χ0n) is 12.7. The molecule has 0 bridgehead atoms. The highest BCUT2D eigenvalue weighted by molar-refractivity contribution is 5.89.